The standard InChI is InChI=1S/C15H24ClNO2/c1-4-13(3)17-7-8-18-9-10-19-15-11-12(2)5-6-14(15)16/h5-6,11,13,17H,4,7-10H2,1-3H3/t13-/m1/s1. The van der Waals surface area contributed by atoms with Crippen LogP contribution in [0.3, 0.4) is 0 Å². The molecule has 1 N–H and O–H groups in total. The second kappa shape index (κ2) is 9.18. The summed E-state index contributed by atoms with van der Waals surface area (Å²) in [6, 6.07) is 6.30. The summed E-state index contributed by atoms with van der Waals surface area (Å²) in [6.45, 7) is 9.02. The van der Waals surface area contributed by atoms with E-state index in [-0.39, 0.29) is 0 Å². The van der Waals surface area contributed by atoms with Crippen molar-refractivity contribution in [3.63, 3.8) is 0 Å². The topological polar surface area (TPSA) is 30.5 Å². The van der Waals surface area contributed by atoms with Crippen molar-refractivity contribution in [2.75, 3.05) is 26.4 Å². The fraction of sp³-hybridized carbons (Fsp3) is 0.600. The van der Waals surface area contributed by atoms with E-state index in [1.54, 1.807) is 0 Å². The van der Waals surface area contributed by atoms with Gasteiger partial charge in [-0.25, -0.2) is 0 Å². The highest BCUT2D eigenvalue weighted by atomic mass is 35.5. The van der Waals surface area contributed by atoms with Crippen molar-refractivity contribution in [3.05, 3.63) is 28.8 Å². The Morgan fingerprint density at radius 2 is 2.05 bits per heavy atom. The molecule has 0 saturated carbocycles. The zero-order valence-electron chi connectivity index (χ0n) is 12.0. The minimum atomic E-state index is 0.520. The Kier molecular flexibility index (Phi) is 7.87. The summed E-state index contributed by atoms with van der Waals surface area (Å²) in [5.74, 6) is 0.725. The summed E-state index contributed by atoms with van der Waals surface area (Å²) >= 11 is 6.03. The molecule has 0 spiro atoms. The Hall–Kier alpha value is -0.770. The lowest BCUT2D eigenvalue weighted by atomic mass is 10.2. The second-order valence-electron chi connectivity index (χ2n) is 4.66. The first kappa shape index (κ1) is 16.3. The average Bonchev–Trinajstić information content (AvgIpc) is 2.41. The first-order chi connectivity index (χ1) is 9.13. The number of rotatable bonds is 9. The van der Waals surface area contributed by atoms with Crippen molar-refractivity contribution in [2.45, 2.75) is 33.2 Å². The minimum Gasteiger partial charge on any atom is -0.490 e. The molecule has 1 rings (SSSR count). The SMILES string of the molecule is CC[C@@H](C)NCCOCCOc1cc(C)ccc1Cl. The Bertz CT molecular complexity index is 371. The first-order valence-electron chi connectivity index (χ1n) is 6.83. The van der Waals surface area contributed by atoms with Gasteiger partial charge in [-0.05, 0) is 38.0 Å². The van der Waals surface area contributed by atoms with Crippen LogP contribution in [0.25, 0.3) is 0 Å². The fourth-order valence-corrected chi connectivity index (χ4v) is 1.73. The number of nitrogens with one attached hydrogen (secondary N) is 1. The third kappa shape index (κ3) is 6.81. The molecule has 0 aliphatic rings. The van der Waals surface area contributed by atoms with E-state index in [2.05, 4.69) is 19.2 Å². The monoisotopic (exact) mass is 285 g/mol. The summed E-state index contributed by atoms with van der Waals surface area (Å²) in [4.78, 5) is 0. The van der Waals surface area contributed by atoms with E-state index >= 15 is 0 Å². The molecule has 1 atom stereocenters. The molecule has 0 heterocycles. The number of hydrogen-bond donors (Lipinski definition) is 1. The van der Waals surface area contributed by atoms with Crippen LogP contribution in [0.15, 0.2) is 18.2 Å². The summed E-state index contributed by atoms with van der Waals surface area (Å²) in [7, 11) is 0. The lowest BCUT2D eigenvalue weighted by molar-refractivity contribution is 0.100. The summed E-state index contributed by atoms with van der Waals surface area (Å²) in [5, 5.41) is 4.01. The maximum Gasteiger partial charge on any atom is 0.138 e. The number of benzene rings is 1. The van der Waals surface area contributed by atoms with Gasteiger partial charge < -0.3 is 14.8 Å². The highest BCUT2D eigenvalue weighted by Crippen LogP contribution is 2.24. The molecule has 0 aliphatic carbocycles. The molecule has 3 nitrogen and oxygen atoms in total. The van der Waals surface area contributed by atoms with Crippen LogP contribution in [0.1, 0.15) is 25.8 Å². The van der Waals surface area contributed by atoms with E-state index in [1.807, 2.05) is 25.1 Å². The van der Waals surface area contributed by atoms with Gasteiger partial charge in [0, 0.05) is 12.6 Å². The van der Waals surface area contributed by atoms with Gasteiger partial charge in [0.25, 0.3) is 0 Å². The van der Waals surface area contributed by atoms with Gasteiger partial charge in [0.05, 0.1) is 18.2 Å². The lowest BCUT2D eigenvalue weighted by Gasteiger charge is -2.12. The third-order valence-corrected chi connectivity index (χ3v) is 3.24. The van der Waals surface area contributed by atoms with Crippen molar-refractivity contribution in [1.29, 1.82) is 0 Å². The Morgan fingerprint density at radius 1 is 1.26 bits per heavy atom. The van der Waals surface area contributed by atoms with Crippen LogP contribution < -0.4 is 10.1 Å². The zero-order chi connectivity index (χ0) is 14.1. The van der Waals surface area contributed by atoms with Crippen molar-refractivity contribution in [1.82, 2.24) is 5.32 Å². The minimum absolute atomic E-state index is 0.520. The van der Waals surface area contributed by atoms with E-state index in [1.165, 1.54) is 0 Å². The molecule has 0 aromatic heterocycles. The van der Waals surface area contributed by atoms with Gasteiger partial charge in [-0.2, -0.15) is 0 Å². The quantitative estimate of drug-likeness (QED) is 0.705. The van der Waals surface area contributed by atoms with Crippen LogP contribution >= 0.6 is 11.6 Å². The summed E-state index contributed by atoms with van der Waals surface area (Å²) in [6.07, 6.45) is 1.13. The molecule has 0 radical (unpaired) electrons. The largest absolute Gasteiger partial charge is 0.490 e. The van der Waals surface area contributed by atoms with Gasteiger partial charge in [0.15, 0.2) is 0 Å². The third-order valence-electron chi connectivity index (χ3n) is 2.92. The zero-order valence-corrected chi connectivity index (χ0v) is 12.8. The number of aryl methyl sites for hydroxylation is 1. The van der Waals surface area contributed by atoms with E-state index in [4.69, 9.17) is 21.1 Å². The molecule has 0 aliphatic heterocycles. The van der Waals surface area contributed by atoms with Crippen LogP contribution in [-0.4, -0.2) is 32.4 Å². The predicted octanol–water partition coefficient (Wildman–Crippen LogP) is 3.43. The van der Waals surface area contributed by atoms with Crippen molar-refractivity contribution < 1.29 is 9.47 Å². The van der Waals surface area contributed by atoms with E-state index in [0.29, 0.717) is 30.9 Å². The van der Waals surface area contributed by atoms with E-state index < -0.39 is 0 Å². The molecule has 0 fully saturated rings. The van der Waals surface area contributed by atoms with Gasteiger partial charge in [0.1, 0.15) is 12.4 Å². The number of hydrogen-bond acceptors (Lipinski definition) is 3. The Balaban J connectivity index is 2.09. The lowest BCUT2D eigenvalue weighted by Crippen LogP contribution is -2.29. The Labute approximate surface area is 121 Å². The van der Waals surface area contributed by atoms with E-state index in [0.717, 1.165) is 24.3 Å². The van der Waals surface area contributed by atoms with Gasteiger partial charge in [0.2, 0.25) is 0 Å². The number of halogens is 1. The van der Waals surface area contributed by atoms with Gasteiger partial charge >= 0.3 is 0 Å². The molecular formula is C15H24ClNO2. The van der Waals surface area contributed by atoms with Gasteiger partial charge in [-0.3, -0.25) is 0 Å². The second-order valence-corrected chi connectivity index (χ2v) is 5.07. The average molecular weight is 286 g/mol. The highest BCUT2D eigenvalue weighted by molar-refractivity contribution is 6.32. The summed E-state index contributed by atoms with van der Waals surface area (Å²) in [5.41, 5.74) is 1.14. The smallest absolute Gasteiger partial charge is 0.138 e. The van der Waals surface area contributed by atoms with Crippen LogP contribution in [0.4, 0.5) is 0 Å². The molecule has 19 heavy (non-hydrogen) atoms. The fourth-order valence-electron chi connectivity index (χ4n) is 1.56. The van der Waals surface area contributed by atoms with Crippen LogP contribution in [0.5, 0.6) is 5.75 Å². The molecule has 0 unspecified atom stereocenters. The van der Waals surface area contributed by atoms with Crippen LogP contribution in [0.2, 0.25) is 5.02 Å². The molecule has 108 valence electrons. The molecular weight excluding hydrogens is 262 g/mol. The maximum absolute atomic E-state index is 6.03. The highest BCUT2D eigenvalue weighted by Gasteiger charge is 2.01. The van der Waals surface area contributed by atoms with Crippen molar-refractivity contribution >= 4 is 11.6 Å². The van der Waals surface area contributed by atoms with Crippen LogP contribution in [0, 0.1) is 6.92 Å². The van der Waals surface area contributed by atoms with E-state index in [9.17, 15) is 0 Å². The first-order valence-corrected chi connectivity index (χ1v) is 7.21. The normalized spacial score (nSPS) is 12.4. The van der Waals surface area contributed by atoms with Crippen LogP contribution in [-0.2, 0) is 4.74 Å². The summed E-state index contributed by atoms with van der Waals surface area (Å²) < 4.78 is 11.1. The molecule has 4 heteroatoms. The number of ether oxygens (including phenoxy) is 2. The maximum atomic E-state index is 6.03. The van der Waals surface area contributed by atoms with Gasteiger partial charge in [-0.15, -0.1) is 0 Å². The van der Waals surface area contributed by atoms with Gasteiger partial charge in [-0.1, -0.05) is 24.6 Å². The molecule has 0 amide bonds. The molecule has 1 aromatic carbocycles. The predicted molar refractivity (Wildman–Crippen MR) is 80.3 cm³/mol. The Morgan fingerprint density at radius 3 is 2.79 bits per heavy atom. The molecule has 0 bridgehead atoms. The van der Waals surface area contributed by atoms with Crippen molar-refractivity contribution in [2.24, 2.45) is 0 Å². The molecule has 0 saturated heterocycles. The molecule has 1 aromatic rings. The van der Waals surface area contributed by atoms with Crippen molar-refractivity contribution in [3.8, 4) is 5.75 Å².